The van der Waals surface area contributed by atoms with Gasteiger partial charge < -0.3 is 15.4 Å². The van der Waals surface area contributed by atoms with Crippen molar-refractivity contribution in [1.82, 2.24) is 14.7 Å². The number of carbonyl (C=O) groups excluding carboxylic acids is 1. The molecule has 2 heterocycles. The van der Waals surface area contributed by atoms with Crippen molar-refractivity contribution in [3.63, 3.8) is 0 Å². The van der Waals surface area contributed by atoms with Crippen LogP contribution in [-0.4, -0.2) is 34.5 Å². The minimum atomic E-state index is -0.0225. The first-order valence-corrected chi connectivity index (χ1v) is 11.4. The number of rotatable bonds is 6. The van der Waals surface area contributed by atoms with Gasteiger partial charge in [0.05, 0.1) is 12.8 Å². The number of ether oxygens (including phenoxy) is 1. The number of imidazole rings is 1. The highest BCUT2D eigenvalue weighted by Gasteiger charge is 2.23. The van der Waals surface area contributed by atoms with E-state index in [1.807, 2.05) is 42.5 Å². The molecule has 2 N–H and O–H groups in total. The molecule has 1 fully saturated rings. The number of benzene rings is 2. The fourth-order valence-corrected chi connectivity index (χ4v) is 4.48. The molecule has 6 heteroatoms. The van der Waals surface area contributed by atoms with Crippen LogP contribution in [0.4, 0.5) is 5.82 Å². The molecule has 0 bridgehead atoms. The summed E-state index contributed by atoms with van der Waals surface area (Å²) >= 11 is 0. The zero-order chi connectivity index (χ0) is 22.6. The number of hydrogen-bond acceptors (Lipinski definition) is 4. The number of pyridine rings is 1. The number of anilines is 1. The quantitative estimate of drug-likeness (QED) is 0.434. The van der Waals surface area contributed by atoms with Gasteiger partial charge in [0.15, 0.2) is 0 Å². The van der Waals surface area contributed by atoms with Crippen LogP contribution in [0, 0.1) is 0 Å². The average Bonchev–Trinajstić information content (AvgIpc) is 3.31. The topological polar surface area (TPSA) is 67.7 Å². The van der Waals surface area contributed by atoms with E-state index in [2.05, 4.69) is 39.4 Å². The molecule has 33 heavy (non-hydrogen) atoms. The van der Waals surface area contributed by atoms with Gasteiger partial charge in [-0.3, -0.25) is 9.20 Å². The van der Waals surface area contributed by atoms with Gasteiger partial charge in [-0.05, 0) is 62.1 Å². The lowest BCUT2D eigenvalue weighted by molar-refractivity contribution is 0.0926. The number of nitrogens with one attached hydrogen (secondary N) is 2. The van der Waals surface area contributed by atoms with Gasteiger partial charge in [0, 0.05) is 29.4 Å². The normalized spacial score (nSPS) is 18.1. The van der Waals surface area contributed by atoms with Crippen molar-refractivity contribution in [3.8, 4) is 17.0 Å². The second kappa shape index (κ2) is 9.36. The first-order chi connectivity index (χ1) is 16.2. The van der Waals surface area contributed by atoms with Crippen LogP contribution in [-0.2, 0) is 0 Å². The van der Waals surface area contributed by atoms with E-state index in [4.69, 9.17) is 9.72 Å². The molecule has 0 aliphatic heterocycles. The van der Waals surface area contributed by atoms with Gasteiger partial charge in [0.2, 0.25) is 0 Å². The Kier molecular flexibility index (Phi) is 5.98. The molecular formula is C27H28N4O2. The molecule has 6 nitrogen and oxygen atoms in total. The third-order valence-electron chi connectivity index (χ3n) is 6.33. The predicted octanol–water partition coefficient (Wildman–Crippen LogP) is 5.16. The molecule has 1 saturated carbocycles. The van der Waals surface area contributed by atoms with Crippen LogP contribution < -0.4 is 15.4 Å². The largest absolute Gasteiger partial charge is 0.497 e. The first-order valence-electron chi connectivity index (χ1n) is 11.4. The van der Waals surface area contributed by atoms with Crippen molar-refractivity contribution in [2.75, 3.05) is 12.4 Å². The summed E-state index contributed by atoms with van der Waals surface area (Å²) in [6, 6.07) is 24.2. The highest BCUT2D eigenvalue weighted by atomic mass is 16.5. The smallest absolute Gasteiger partial charge is 0.251 e. The van der Waals surface area contributed by atoms with Crippen LogP contribution in [0.1, 0.15) is 36.0 Å². The molecule has 2 aromatic carbocycles. The molecule has 0 atom stereocenters. The molecule has 2 aromatic heterocycles. The minimum absolute atomic E-state index is 0.0225. The number of hydrogen-bond donors (Lipinski definition) is 2. The third-order valence-corrected chi connectivity index (χ3v) is 6.33. The van der Waals surface area contributed by atoms with Crippen molar-refractivity contribution < 1.29 is 9.53 Å². The van der Waals surface area contributed by atoms with Crippen molar-refractivity contribution in [2.45, 2.75) is 37.8 Å². The Balaban J connectivity index is 1.20. The zero-order valence-corrected chi connectivity index (χ0v) is 18.7. The van der Waals surface area contributed by atoms with Crippen LogP contribution in [0.3, 0.4) is 0 Å². The van der Waals surface area contributed by atoms with E-state index >= 15 is 0 Å². The van der Waals surface area contributed by atoms with Gasteiger partial charge in [0.25, 0.3) is 5.91 Å². The number of nitrogens with zero attached hydrogens (tertiary/aromatic N) is 2. The molecule has 1 aliphatic rings. The summed E-state index contributed by atoms with van der Waals surface area (Å²) in [5.74, 6) is 1.78. The van der Waals surface area contributed by atoms with Crippen LogP contribution in [0.5, 0.6) is 5.75 Å². The fourth-order valence-electron chi connectivity index (χ4n) is 4.48. The van der Waals surface area contributed by atoms with Gasteiger partial charge in [-0.15, -0.1) is 0 Å². The summed E-state index contributed by atoms with van der Waals surface area (Å²) in [5.41, 5.74) is 3.67. The van der Waals surface area contributed by atoms with E-state index in [0.29, 0.717) is 11.6 Å². The van der Waals surface area contributed by atoms with Crippen LogP contribution >= 0.6 is 0 Å². The van der Waals surface area contributed by atoms with Crippen LogP contribution in [0.2, 0.25) is 0 Å². The highest BCUT2D eigenvalue weighted by molar-refractivity contribution is 5.94. The lowest BCUT2D eigenvalue weighted by Gasteiger charge is -2.30. The van der Waals surface area contributed by atoms with E-state index in [1.54, 1.807) is 19.2 Å². The Labute approximate surface area is 193 Å². The summed E-state index contributed by atoms with van der Waals surface area (Å²) in [6.07, 6.45) is 6.01. The van der Waals surface area contributed by atoms with Crippen LogP contribution in [0.15, 0.2) is 79.0 Å². The second-order valence-corrected chi connectivity index (χ2v) is 8.53. The number of amides is 1. The van der Waals surface area contributed by atoms with E-state index in [0.717, 1.165) is 54.2 Å². The van der Waals surface area contributed by atoms with Crippen molar-refractivity contribution in [1.29, 1.82) is 0 Å². The van der Waals surface area contributed by atoms with Gasteiger partial charge in [-0.2, -0.15) is 0 Å². The molecule has 0 spiro atoms. The van der Waals surface area contributed by atoms with Gasteiger partial charge in [0.1, 0.15) is 17.2 Å². The molecule has 168 valence electrons. The van der Waals surface area contributed by atoms with Gasteiger partial charge >= 0.3 is 0 Å². The molecule has 5 rings (SSSR count). The molecule has 1 amide bonds. The Bertz CT molecular complexity index is 1230. The maximum atomic E-state index is 12.6. The number of methoxy groups -OCH3 is 1. The summed E-state index contributed by atoms with van der Waals surface area (Å²) < 4.78 is 7.29. The molecule has 0 unspecified atom stereocenters. The van der Waals surface area contributed by atoms with E-state index in [1.165, 1.54) is 0 Å². The molecular weight excluding hydrogens is 412 g/mol. The number of fused-ring (bicyclic) bond motifs is 1. The molecule has 4 aromatic rings. The Hall–Kier alpha value is -3.80. The van der Waals surface area contributed by atoms with Gasteiger partial charge in [-0.25, -0.2) is 4.98 Å². The number of carbonyl (C=O) groups is 1. The summed E-state index contributed by atoms with van der Waals surface area (Å²) in [7, 11) is 1.62. The summed E-state index contributed by atoms with van der Waals surface area (Å²) in [6.45, 7) is 0. The standard InChI is InChI=1S/C27H28N4O2/c1-33-23-16-10-20(11-17-23)27(32)29-22-14-12-21(13-15-22)28-25-8-5-9-26-30-24(18-31(25)26)19-6-3-2-4-7-19/h2-11,16-18,21-22,28H,12-15H2,1H3,(H,29,32). The van der Waals surface area contributed by atoms with E-state index in [9.17, 15) is 4.79 Å². The minimum Gasteiger partial charge on any atom is -0.497 e. The Morgan fingerprint density at radius 1 is 0.909 bits per heavy atom. The predicted molar refractivity (Wildman–Crippen MR) is 131 cm³/mol. The lowest BCUT2D eigenvalue weighted by atomic mass is 9.91. The maximum Gasteiger partial charge on any atom is 0.251 e. The summed E-state index contributed by atoms with van der Waals surface area (Å²) in [5, 5.41) is 6.89. The van der Waals surface area contributed by atoms with Crippen LogP contribution in [0.25, 0.3) is 16.9 Å². The second-order valence-electron chi connectivity index (χ2n) is 8.53. The first kappa shape index (κ1) is 21.1. The number of aromatic nitrogens is 2. The maximum absolute atomic E-state index is 12.6. The van der Waals surface area contributed by atoms with Gasteiger partial charge in [-0.1, -0.05) is 36.4 Å². The van der Waals surface area contributed by atoms with Crippen molar-refractivity contribution in [3.05, 3.63) is 84.6 Å². The van der Waals surface area contributed by atoms with E-state index < -0.39 is 0 Å². The summed E-state index contributed by atoms with van der Waals surface area (Å²) in [4.78, 5) is 17.4. The Morgan fingerprint density at radius 3 is 2.36 bits per heavy atom. The SMILES string of the molecule is COc1ccc(C(=O)NC2CCC(Nc3cccc4nc(-c5ccccc5)cn34)CC2)cc1. The van der Waals surface area contributed by atoms with Crippen molar-refractivity contribution in [2.24, 2.45) is 0 Å². The molecule has 0 saturated heterocycles. The lowest BCUT2D eigenvalue weighted by Crippen LogP contribution is -2.40. The average molecular weight is 441 g/mol. The third kappa shape index (κ3) is 4.70. The zero-order valence-electron chi connectivity index (χ0n) is 18.7. The molecule has 1 aliphatic carbocycles. The highest BCUT2D eigenvalue weighted by Crippen LogP contribution is 2.25. The Morgan fingerprint density at radius 2 is 1.64 bits per heavy atom. The fraction of sp³-hybridized carbons (Fsp3) is 0.259. The van der Waals surface area contributed by atoms with Crippen molar-refractivity contribution >= 4 is 17.4 Å². The monoisotopic (exact) mass is 440 g/mol. The van der Waals surface area contributed by atoms with E-state index in [-0.39, 0.29) is 11.9 Å². The molecule has 0 radical (unpaired) electrons.